The lowest BCUT2D eigenvalue weighted by Gasteiger charge is -2.23. The molecular weight excluding hydrogens is 356 g/mol. The van der Waals surface area contributed by atoms with Crippen LogP contribution in [0.4, 0.5) is 9.59 Å². The van der Waals surface area contributed by atoms with E-state index in [0.717, 1.165) is 0 Å². The highest BCUT2D eigenvalue weighted by Crippen LogP contribution is 2.13. The Kier molecular flexibility index (Phi) is 7.04. The summed E-state index contributed by atoms with van der Waals surface area (Å²) in [6.07, 6.45) is -0.846. The van der Waals surface area contributed by atoms with Crippen molar-refractivity contribution in [2.24, 2.45) is 11.8 Å². The van der Waals surface area contributed by atoms with Gasteiger partial charge in [-0.25, -0.2) is 14.4 Å². The molecule has 8 nitrogen and oxygen atoms in total. The van der Waals surface area contributed by atoms with E-state index >= 15 is 0 Å². The molecule has 2 unspecified atom stereocenters. The molecule has 2 atom stereocenters. The summed E-state index contributed by atoms with van der Waals surface area (Å²) in [4.78, 5) is 35.2. The number of hydrogen-bond acceptors (Lipinski definition) is 8. The van der Waals surface area contributed by atoms with Crippen molar-refractivity contribution in [2.75, 3.05) is 13.2 Å². The molecule has 0 fully saturated rings. The summed E-state index contributed by atoms with van der Waals surface area (Å²) < 4.78 is 25.6. The molecule has 0 saturated carbocycles. The third-order valence-corrected chi connectivity index (χ3v) is 3.41. The Balaban J connectivity index is 2.18. The van der Waals surface area contributed by atoms with Gasteiger partial charge in [0.2, 0.25) is 0 Å². The van der Waals surface area contributed by atoms with Crippen LogP contribution < -0.4 is 16.3 Å². The Morgan fingerprint density at radius 3 is 1.96 bits per heavy atom. The maximum atomic E-state index is 11.9. The maximum absolute atomic E-state index is 11.9. The van der Waals surface area contributed by atoms with Crippen LogP contribution in [0, 0.1) is 11.8 Å². The first-order valence-electron chi connectivity index (χ1n) is 8.75. The second-order valence-corrected chi connectivity index (χ2v) is 6.98. The lowest BCUT2D eigenvalue weighted by atomic mass is 10.1. The summed E-state index contributed by atoms with van der Waals surface area (Å²) in [5, 5.41) is 0.534. The predicted octanol–water partition coefficient (Wildman–Crippen LogP) is 1.57. The second-order valence-electron chi connectivity index (χ2n) is 6.98. The van der Waals surface area contributed by atoms with E-state index in [9.17, 15) is 14.4 Å². The van der Waals surface area contributed by atoms with Crippen molar-refractivity contribution in [1.29, 1.82) is 0 Å². The average Bonchev–Trinajstić information content (AvgIpc) is 2.59. The Bertz CT molecular complexity index is 836. The standard InChI is InChI=1S/C19H24O8/c1-11(2)9-23-18(21)26-15-7-13-5-6-17(20)25-14(13)8-16(15)27-19(22)24-10-12(3)4/h5-8,11-12,15-16H,9-10H2,1-4H3. The van der Waals surface area contributed by atoms with Gasteiger partial charge in [0.15, 0.2) is 12.2 Å². The fourth-order valence-electron chi connectivity index (χ4n) is 2.19. The smallest absolute Gasteiger partial charge is 0.434 e. The normalized spacial score (nSPS) is 18.1. The highest BCUT2D eigenvalue weighted by atomic mass is 16.8. The van der Waals surface area contributed by atoms with E-state index in [1.807, 2.05) is 27.7 Å². The van der Waals surface area contributed by atoms with E-state index in [-0.39, 0.29) is 30.5 Å². The molecule has 8 heteroatoms. The number of rotatable bonds is 6. The van der Waals surface area contributed by atoms with Crippen LogP contribution in [0.1, 0.15) is 27.7 Å². The third-order valence-electron chi connectivity index (χ3n) is 3.41. The van der Waals surface area contributed by atoms with Crippen LogP contribution in [-0.4, -0.2) is 37.7 Å². The molecule has 1 aliphatic carbocycles. The molecule has 1 aromatic rings. The van der Waals surface area contributed by atoms with Crippen molar-refractivity contribution in [2.45, 2.75) is 39.9 Å². The molecule has 0 aromatic carbocycles. The van der Waals surface area contributed by atoms with Gasteiger partial charge in [0.25, 0.3) is 0 Å². The average molecular weight is 380 g/mol. The molecule has 0 radical (unpaired) electrons. The van der Waals surface area contributed by atoms with Gasteiger partial charge in [-0.05, 0) is 24.0 Å². The fraction of sp³-hybridized carbons (Fsp3) is 0.526. The van der Waals surface area contributed by atoms with Crippen LogP contribution in [0.25, 0.3) is 12.2 Å². The largest absolute Gasteiger partial charge is 0.509 e. The van der Waals surface area contributed by atoms with Crippen LogP contribution in [0.3, 0.4) is 0 Å². The molecule has 0 bridgehead atoms. The molecular formula is C19H24O8. The number of carbonyl (C=O) groups is 2. The van der Waals surface area contributed by atoms with Crippen LogP contribution >= 0.6 is 0 Å². The van der Waals surface area contributed by atoms with Gasteiger partial charge in [0.05, 0.1) is 13.2 Å². The van der Waals surface area contributed by atoms with Gasteiger partial charge in [0.1, 0.15) is 5.42 Å². The SMILES string of the molecule is CC(C)COC(=O)OC1C=c2ccc(=O)oc2=CC1OC(=O)OCC(C)C. The van der Waals surface area contributed by atoms with Gasteiger partial charge in [-0.3, -0.25) is 0 Å². The molecule has 1 aliphatic rings. The lowest BCUT2D eigenvalue weighted by Crippen LogP contribution is -2.43. The summed E-state index contributed by atoms with van der Waals surface area (Å²) in [6.45, 7) is 7.93. The van der Waals surface area contributed by atoms with Crippen molar-refractivity contribution in [3.05, 3.63) is 33.2 Å². The minimum atomic E-state index is -1.02. The lowest BCUT2D eigenvalue weighted by molar-refractivity contribution is -0.0207. The number of hydrogen-bond donors (Lipinski definition) is 0. The van der Waals surface area contributed by atoms with E-state index in [2.05, 4.69) is 0 Å². The van der Waals surface area contributed by atoms with Gasteiger partial charge < -0.3 is 23.4 Å². The molecule has 0 spiro atoms. The van der Waals surface area contributed by atoms with Gasteiger partial charge in [-0.2, -0.15) is 0 Å². The first kappa shape index (κ1) is 20.5. The van der Waals surface area contributed by atoms with Gasteiger partial charge >= 0.3 is 17.9 Å². The van der Waals surface area contributed by atoms with Gasteiger partial charge in [0, 0.05) is 17.4 Å². The zero-order valence-electron chi connectivity index (χ0n) is 15.8. The summed E-state index contributed by atoms with van der Waals surface area (Å²) in [7, 11) is 0. The van der Waals surface area contributed by atoms with Crippen molar-refractivity contribution in [3.63, 3.8) is 0 Å². The number of fused-ring (bicyclic) bond motifs is 1. The van der Waals surface area contributed by atoms with Crippen molar-refractivity contribution < 1.29 is 33.0 Å². The monoisotopic (exact) mass is 380 g/mol. The van der Waals surface area contributed by atoms with E-state index in [4.69, 9.17) is 23.4 Å². The zero-order valence-corrected chi connectivity index (χ0v) is 15.8. The van der Waals surface area contributed by atoms with E-state index in [1.165, 1.54) is 24.3 Å². The van der Waals surface area contributed by atoms with Crippen molar-refractivity contribution in [1.82, 2.24) is 0 Å². The molecule has 0 amide bonds. The highest BCUT2D eigenvalue weighted by molar-refractivity contribution is 5.64. The Morgan fingerprint density at radius 1 is 0.926 bits per heavy atom. The fourth-order valence-corrected chi connectivity index (χ4v) is 2.19. The first-order chi connectivity index (χ1) is 12.7. The number of ether oxygens (including phenoxy) is 4. The minimum absolute atomic E-state index is 0.135. The second kappa shape index (κ2) is 9.25. The molecule has 0 saturated heterocycles. The van der Waals surface area contributed by atoms with Crippen LogP contribution in [0.5, 0.6) is 0 Å². The maximum Gasteiger partial charge on any atom is 0.509 e. The quantitative estimate of drug-likeness (QED) is 0.686. The van der Waals surface area contributed by atoms with Crippen LogP contribution in [-0.2, 0) is 18.9 Å². The molecule has 1 aromatic heterocycles. The molecule has 2 rings (SSSR count). The zero-order chi connectivity index (χ0) is 20.0. The van der Waals surface area contributed by atoms with E-state index in [0.29, 0.717) is 5.22 Å². The minimum Gasteiger partial charge on any atom is -0.434 e. The topological polar surface area (TPSA) is 101 Å². The van der Waals surface area contributed by atoms with Crippen molar-refractivity contribution >= 4 is 24.5 Å². The third kappa shape index (κ3) is 6.47. The van der Waals surface area contributed by atoms with E-state index in [1.54, 1.807) is 0 Å². The summed E-state index contributed by atoms with van der Waals surface area (Å²) in [6, 6.07) is 2.77. The molecule has 27 heavy (non-hydrogen) atoms. The summed E-state index contributed by atoms with van der Waals surface area (Å²) >= 11 is 0. The van der Waals surface area contributed by atoms with E-state index < -0.39 is 30.1 Å². The molecule has 0 aliphatic heterocycles. The predicted molar refractivity (Wildman–Crippen MR) is 95.3 cm³/mol. The van der Waals surface area contributed by atoms with Crippen LogP contribution in [0.15, 0.2) is 21.3 Å². The molecule has 148 valence electrons. The summed E-state index contributed by atoms with van der Waals surface area (Å²) in [5.74, 6) is 0.281. The van der Waals surface area contributed by atoms with Gasteiger partial charge in [-0.1, -0.05) is 27.7 Å². The number of carbonyl (C=O) groups excluding carboxylic acids is 2. The molecule has 1 heterocycles. The van der Waals surface area contributed by atoms with Crippen LogP contribution in [0.2, 0.25) is 0 Å². The van der Waals surface area contributed by atoms with Crippen molar-refractivity contribution in [3.8, 4) is 0 Å². The van der Waals surface area contributed by atoms with Gasteiger partial charge in [-0.15, -0.1) is 0 Å². The molecule has 0 N–H and O–H groups in total. The Labute approximate surface area is 156 Å². The first-order valence-corrected chi connectivity index (χ1v) is 8.75. The Hall–Kier alpha value is -2.77. The Morgan fingerprint density at radius 2 is 1.44 bits per heavy atom. The highest BCUT2D eigenvalue weighted by Gasteiger charge is 2.29. The summed E-state index contributed by atoms with van der Waals surface area (Å²) in [5.41, 5.74) is -0.324.